The molecule has 3 N–H and O–H groups in total. The first kappa shape index (κ1) is 33.0. The lowest BCUT2D eigenvalue weighted by Crippen LogP contribution is -2.55. The number of hydrogen-bond donors (Lipinski definition) is 3. The van der Waals surface area contributed by atoms with Gasteiger partial charge in [-0.15, -0.1) is 0 Å². The van der Waals surface area contributed by atoms with Crippen LogP contribution in [0.15, 0.2) is 55.0 Å². The lowest BCUT2D eigenvalue weighted by atomic mass is 9.88. The van der Waals surface area contributed by atoms with Gasteiger partial charge in [0.25, 0.3) is 0 Å². The highest BCUT2D eigenvalue weighted by molar-refractivity contribution is 5.74. The molecule has 43 heavy (non-hydrogen) atoms. The molecular weight excluding hydrogens is 541 g/mol. The van der Waals surface area contributed by atoms with Gasteiger partial charge >= 0.3 is 0 Å². The fraction of sp³-hybridized carbons (Fsp3) is 0.543. The standard InChI is InChI=1S/C33H44FN5O2.C2H6/c1-4-24-14-25(6-8-30(24)31-20-35-12-10-23(31)2)26-7-9-32(38-17-26)41-29-15-27(16-29)39-21-33(3,34)22-40-13-5-11-37-28-18-36-19-28;1-2/h6-10,12,14,17,20,27-29,36-37,39H,4-5,11,13,15-16,18-19,21-22H2,1-3H3;1-2H3. The Morgan fingerprint density at radius 2 is 1.79 bits per heavy atom. The number of alkyl halides is 1. The summed E-state index contributed by atoms with van der Waals surface area (Å²) >= 11 is 0. The van der Waals surface area contributed by atoms with Gasteiger partial charge in [-0.05, 0) is 80.5 Å². The maximum Gasteiger partial charge on any atom is 0.213 e. The van der Waals surface area contributed by atoms with Gasteiger partial charge < -0.3 is 25.4 Å². The molecule has 234 valence electrons. The zero-order chi connectivity index (χ0) is 30.7. The van der Waals surface area contributed by atoms with E-state index < -0.39 is 5.67 Å². The summed E-state index contributed by atoms with van der Waals surface area (Å²) in [6.45, 7) is 13.9. The van der Waals surface area contributed by atoms with E-state index in [9.17, 15) is 4.39 Å². The van der Waals surface area contributed by atoms with Crippen LogP contribution in [-0.2, 0) is 11.2 Å². The Balaban J connectivity index is 0.00000207. The Morgan fingerprint density at radius 3 is 2.47 bits per heavy atom. The third kappa shape index (κ3) is 9.54. The smallest absolute Gasteiger partial charge is 0.213 e. The first-order chi connectivity index (χ1) is 20.9. The van der Waals surface area contributed by atoms with Gasteiger partial charge in [0.05, 0.1) is 6.61 Å². The summed E-state index contributed by atoms with van der Waals surface area (Å²) in [5.41, 5.74) is 5.73. The van der Waals surface area contributed by atoms with Crippen LogP contribution in [0.2, 0.25) is 0 Å². The van der Waals surface area contributed by atoms with E-state index in [0.29, 0.717) is 18.5 Å². The van der Waals surface area contributed by atoms with Crippen molar-refractivity contribution in [1.82, 2.24) is 25.9 Å². The zero-order valence-corrected chi connectivity index (χ0v) is 26.6. The molecule has 1 unspecified atom stereocenters. The first-order valence-electron chi connectivity index (χ1n) is 16.0. The second-order valence-electron chi connectivity index (χ2n) is 11.7. The maximum atomic E-state index is 14.9. The van der Waals surface area contributed by atoms with E-state index in [1.165, 1.54) is 22.3 Å². The molecule has 2 aliphatic rings. The molecule has 0 radical (unpaired) electrons. The molecule has 1 aliphatic heterocycles. The van der Waals surface area contributed by atoms with Crippen molar-refractivity contribution in [1.29, 1.82) is 0 Å². The molecule has 2 fully saturated rings. The van der Waals surface area contributed by atoms with Gasteiger partial charge in [-0.2, -0.15) is 0 Å². The number of aromatic nitrogens is 2. The minimum Gasteiger partial charge on any atom is -0.474 e. The van der Waals surface area contributed by atoms with Crippen LogP contribution in [-0.4, -0.2) is 73.2 Å². The Bertz CT molecular complexity index is 1260. The van der Waals surface area contributed by atoms with E-state index in [1.807, 2.05) is 38.5 Å². The van der Waals surface area contributed by atoms with Crippen molar-refractivity contribution in [3.8, 4) is 28.1 Å². The van der Waals surface area contributed by atoms with Gasteiger partial charge in [0.1, 0.15) is 11.8 Å². The molecule has 1 aromatic carbocycles. The highest BCUT2D eigenvalue weighted by Gasteiger charge is 2.33. The highest BCUT2D eigenvalue weighted by atomic mass is 19.1. The Morgan fingerprint density at radius 1 is 1.00 bits per heavy atom. The van der Waals surface area contributed by atoms with Crippen molar-refractivity contribution >= 4 is 0 Å². The van der Waals surface area contributed by atoms with E-state index >= 15 is 0 Å². The van der Waals surface area contributed by atoms with Crippen molar-refractivity contribution < 1.29 is 13.9 Å². The molecule has 0 amide bonds. The average molecular weight is 592 g/mol. The fourth-order valence-electron chi connectivity index (χ4n) is 5.30. The van der Waals surface area contributed by atoms with Crippen LogP contribution in [0.1, 0.15) is 58.1 Å². The quantitative estimate of drug-likeness (QED) is 0.190. The van der Waals surface area contributed by atoms with Crippen LogP contribution in [0.4, 0.5) is 4.39 Å². The van der Waals surface area contributed by atoms with E-state index in [-0.39, 0.29) is 25.3 Å². The molecule has 8 heteroatoms. The normalized spacial score (nSPS) is 19.4. The average Bonchev–Trinajstić information content (AvgIpc) is 2.98. The Hall–Kier alpha value is -2.91. The van der Waals surface area contributed by atoms with Crippen LogP contribution >= 0.6 is 0 Å². The topological polar surface area (TPSA) is 80.3 Å². The van der Waals surface area contributed by atoms with Crippen LogP contribution in [0.25, 0.3) is 22.3 Å². The predicted molar refractivity (Wildman–Crippen MR) is 173 cm³/mol. The van der Waals surface area contributed by atoms with Crippen molar-refractivity contribution in [2.75, 3.05) is 39.4 Å². The van der Waals surface area contributed by atoms with Crippen LogP contribution < -0.4 is 20.7 Å². The highest BCUT2D eigenvalue weighted by Crippen LogP contribution is 2.32. The number of halogens is 1. The van der Waals surface area contributed by atoms with Crippen molar-refractivity contribution in [2.45, 2.75) is 84.2 Å². The molecule has 0 spiro atoms. The summed E-state index contributed by atoms with van der Waals surface area (Å²) in [6.07, 6.45) is 9.28. The lowest BCUT2D eigenvalue weighted by molar-refractivity contribution is 0.0151. The second-order valence-corrected chi connectivity index (χ2v) is 11.7. The molecule has 7 nitrogen and oxygen atoms in total. The first-order valence-corrected chi connectivity index (χ1v) is 16.0. The monoisotopic (exact) mass is 591 g/mol. The van der Waals surface area contributed by atoms with Crippen LogP contribution in [0, 0.1) is 6.92 Å². The summed E-state index contributed by atoms with van der Waals surface area (Å²) in [6, 6.07) is 13.5. The minimum atomic E-state index is -1.39. The summed E-state index contributed by atoms with van der Waals surface area (Å²) in [5.74, 6) is 0.627. The molecule has 3 heterocycles. The third-order valence-corrected chi connectivity index (χ3v) is 8.11. The number of nitrogens with zero attached hydrogens (tertiary/aromatic N) is 2. The molecule has 1 saturated carbocycles. The molecule has 5 rings (SSSR count). The summed E-state index contributed by atoms with van der Waals surface area (Å²) in [5, 5.41) is 10.0. The zero-order valence-electron chi connectivity index (χ0n) is 26.6. The van der Waals surface area contributed by atoms with E-state index in [4.69, 9.17) is 9.47 Å². The van der Waals surface area contributed by atoms with Gasteiger partial charge in [-0.3, -0.25) is 4.98 Å². The van der Waals surface area contributed by atoms with Crippen molar-refractivity contribution in [3.05, 3.63) is 66.1 Å². The number of ether oxygens (including phenoxy) is 2. The summed E-state index contributed by atoms with van der Waals surface area (Å²) in [4.78, 5) is 8.90. The SMILES string of the molecule is CC.CCc1cc(-c2ccc(OC3CC(NCC(C)(F)COCCCNC4CNC4)C3)nc2)ccc1-c1cnccc1C. The summed E-state index contributed by atoms with van der Waals surface area (Å²) in [7, 11) is 0. The number of nitrogens with one attached hydrogen (secondary N) is 3. The van der Waals surface area contributed by atoms with Crippen molar-refractivity contribution in [3.63, 3.8) is 0 Å². The number of aryl methyl sites for hydroxylation is 2. The molecule has 0 bridgehead atoms. The van der Waals surface area contributed by atoms with Gasteiger partial charge in [0.2, 0.25) is 5.88 Å². The number of pyridine rings is 2. The third-order valence-electron chi connectivity index (χ3n) is 8.11. The molecule has 3 aromatic rings. The Kier molecular flexibility index (Phi) is 12.5. The number of rotatable bonds is 15. The predicted octanol–water partition coefficient (Wildman–Crippen LogP) is 5.90. The van der Waals surface area contributed by atoms with Gasteiger partial charge in [0.15, 0.2) is 0 Å². The van der Waals surface area contributed by atoms with Crippen LogP contribution in [0.3, 0.4) is 0 Å². The fourth-order valence-corrected chi connectivity index (χ4v) is 5.30. The van der Waals surface area contributed by atoms with Gasteiger partial charge in [0, 0.05) is 74.1 Å². The molecule has 1 aliphatic carbocycles. The maximum absolute atomic E-state index is 14.9. The van der Waals surface area contributed by atoms with Gasteiger partial charge in [-0.25, -0.2) is 9.37 Å². The molecule has 1 atom stereocenters. The lowest BCUT2D eigenvalue weighted by Gasteiger charge is -2.37. The molecular formula is C35H50FN5O2. The molecule has 1 saturated heterocycles. The summed E-state index contributed by atoms with van der Waals surface area (Å²) < 4.78 is 26.5. The minimum absolute atomic E-state index is 0.0973. The second kappa shape index (κ2) is 16.2. The van der Waals surface area contributed by atoms with Crippen LogP contribution in [0.5, 0.6) is 5.88 Å². The number of benzene rings is 1. The van der Waals surface area contributed by atoms with E-state index in [2.05, 4.69) is 70.1 Å². The molecule has 2 aromatic heterocycles. The number of hydrogen-bond acceptors (Lipinski definition) is 7. The van der Waals surface area contributed by atoms with Crippen molar-refractivity contribution in [2.24, 2.45) is 0 Å². The largest absolute Gasteiger partial charge is 0.474 e. The van der Waals surface area contributed by atoms with E-state index in [0.717, 1.165) is 56.4 Å². The van der Waals surface area contributed by atoms with Gasteiger partial charge in [-0.1, -0.05) is 39.0 Å². The Labute approximate surface area is 257 Å². The van der Waals surface area contributed by atoms with E-state index in [1.54, 1.807) is 6.92 Å².